The lowest BCUT2D eigenvalue weighted by molar-refractivity contribution is -0.111. The Kier molecular flexibility index (Phi) is 6.28. The number of halogens is 2. The third-order valence-electron chi connectivity index (χ3n) is 5.02. The van der Waals surface area contributed by atoms with Crippen LogP contribution in [0.2, 0.25) is 5.02 Å². The molecule has 0 bridgehead atoms. The number of rotatable bonds is 6. The lowest BCUT2D eigenvalue weighted by Crippen LogP contribution is -2.10. The highest BCUT2D eigenvalue weighted by atomic mass is 35.5. The molecule has 0 saturated heterocycles. The number of carbonyl (C=O) groups excluding carboxylic acids is 1. The first-order valence-corrected chi connectivity index (χ1v) is 10.5. The molecule has 0 aliphatic rings. The maximum Gasteiger partial charge on any atom is 0.248 e. The van der Waals surface area contributed by atoms with E-state index in [-0.39, 0.29) is 10.7 Å². The van der Waals surface area contributed by atoms with Crippen molar-refractivity contribution < 1.29 is 18.3 Å². The highest BCUT2D eigenvalue weighted by Gasteiger charge is 2.15. The third kappa shape index (κ3) is 4.53. The summed E-state index contributed by atoms with van der Waals surface area (Å²) >= 11 is 5.77. The van der Waals surface area contributed by atoms with Gasteiger partial charge in [-0.05, 0) is 49.2 Å². The van der Waals surface area contributed by atoms with E-state index in [1.165, 1.54) is 18.2 Å². The first-order chi connectivity index (χ1) is 15.5. The van der Waals surface area contributed by atoms with Crippen LogP contribution >= 0.6 is 11.6 Å². The first kappa shape index (κ1) is 21.7. The Hall–Kier alpha value is -3.57. The molecule has 0 aliphatic heterocycles. The zero-order valence-corrected chi connectivity index (χ0v) is 18.4. The molecule has 0 unspecified atom stereocenters. The predicted octanol–water partition coefficient (Wildman–Crippen LogP) is 7.33. The molecule has 4 rings (SSSR count). The van der Waals surface area contributed by atoms with E-state index < -0.39 is 11.7 Å². The van der Waals surface area contributed by atoms with Crippen LogP contribution in [0.4, 0.5) is 10.1 Å². The Labute approximate surface area is 190 Å². The lowest BCUT2D eigenvalue weighted by atomic mass is 9.99. The highest BCUT2D eigenvalue weighted by Crippen LogP contribution is 2.37. The first-order valence-electron chi connectivity index (χ1n) is 10.1. The van der Waals surface area contributed by atoms with Crippen molar-refractivity contribution in [3.63, 3.8) is 0 Å². The lowest BCUT2D eigenvalue weighted by Gasteiger charge is -2.12. The number of hydrogen-bond acceptors (Lipinski definition) is 3. The van der Waals surface area contributed by atoms with Crippen molar-refractivity contribution in [1.82, 2.24) is 0 Å². The molecule has 3 aromatic carbocycles. The summed E-state index contributed by atoms with van der Waals surface area (Å²) in [5.74, 6) is -0.450. The largest absolute Gasteiger partial charge is 0.493 e. The van der Waals surface area contributed by atoms with Gasteiger partial charge in [-0.1, -0.05) is 41.9 Å². The van der Waals surface area contributed by atoms with E-state index >= 15 is 0 Å². The predicted molar refractivity (Wildman–Crippen MR) is 127 cm³/mol. The van der Waals surface area contributed by atoms with Gasteiger partial charge in [-0.3, -0.25) is 4.79 Å². The van der Waals surface area contributed by atoms with E-state index in [2.05, 4.69) is 5.32 Å². The van der Waals surface area contributed by atoms with Crippen LogP contribution in [0, 0.1) is 5.82 Å². The Morgan fingerprint density at radius 2 is 1.94 bits per heavy atom. The molecule has 1 amide bonds. The Bertz CT molecular complexity index is 1310. The molecule has 6 heteroatoms. The molecular weight excluding hydrogens is 429 g/mol. The molecule has 4 aromatic rings. The monoisotopic (exact) mass is 449 g/mol. The maximum absolute atomic E-state index is 14.0. The number of anilines is 1. The minimum atomic E-state index is -0.598. The summed E-state index contributed by atoms with van der Waals surface area (Å²) in [6.07, 6.45) is 3.13. The molecule has 0 atom stereocenters. The van der Waals surface area contributed by atoms with Gasteiger partial charge in [0.1, 0.15) is 17.1 Å². The fraction of sp³-hybridized carbons (Fsp3) is 0.115. The number of furan rings is 1. The third-order valence-corrected chi connectivity index (χ3v) is 5.26. The van der Waals surface area contributed by atoms with Crippen molar-refractivity contribution in [3.8, 4) is 16.9 Å². The average Bonchev–Trinajstić information content (AvgIpc) is 3.19. The van der Waals surface area contributed by atoms with Crippen LogP contribution < -0.4 is 10.1 Å². The second kappa shape index (κ2) is 9.28. The summed E-state index contributed by atoms with van der Waals surface area (Å²) in [7, 11) is 0. The van der Waals surface area contributed by atoms with Gasteiger partial charge < -0.3 is 14.5 Å². The van der Waals surface area contributed by atoms with Crippen LogP contribution in [-0.4, -0.2) is 12.5 Å². The van der Waals surface area contributed by atoms with Crippen molar-refractivity contribution in [3.05, 3.63) is 89.4 Å². The number of benzene rings is 3. The summed E-state index contributed by atoms with van der Waals surface area (Å²) in [4.78, 5) is 12.6. The molecule has 162 valence electrons. The Balaban J connectivity index is 1.72. The normalized spacial score (nSPS) is 11.6. The number of hydrogen-bond donors (Lipinski definition) is 1. The number of allylic oxidation sites excluding steroid dienone is 1. The van der Waals surface area contributed by atoms with E-state index in [0.717, 1.165) is 28.1 Å². The van der Waals surface area contributed by atoms with Crippen LogP contribution in [0.15, 0.2) is 77.4 Å². The van der Waals surface area contributed by atoms with Gasteiger partial charge in [0.05, 0.1) is 18.6 Å². The second-order valence-corrected chi connectivity index (χ2v) is 7.67. The maximum atomic E-state index is 14.0. The molecular formula is C26H21ClFNO3. The fourth-order valence-corrected chi connectivity index (χ4v) is 3.67. The molecule has 1 N–H and O–H groups in total. The Morgan fingerprint density at radius 3 is 2.66 bits per heavy atom. The van der Waals surface area contributed by atoms with E-state index in [0.29, 0.717) is 23.5 Å². The molecule has 0 fully saturated rings. The molecule has 1 aromatic heterocycles. The van der Waals surface area contributed by atoms with Gasteiger partial charge in [-0.2, -0.15) is 0 Å². The zero-order chi connectivity index (χ0) is 22.7. The van der Waals surface area contributed by atoms with Crippen molar-refractivity contribution in [2.24, 2.45) is 0 Å². The fourth-order valence-electron chi connectivity index (χ4n) is 3.51. The average molecular weight is 450 g/mol. The van der Waals surface area contributed by atoms with Crippen molar-refractivity contribution in [2.75, 3.05) is 11.9 Å². The number of amides is 1. The summed E-state index contributed by atoms with van der Waals surface area (Å²) in [5.41, 5.74) is 4.15. The van der Waals surface area contributed by atoms with Gasteiger partial charge in [-0.15, -0.1) is 0 Å². The van der Waals surface area contributed by atoms with Gasteiger partial charge in [0.2, 0.25) is 5.91 Å². The smallest absolute Gasteiger partial charge is 0.248 e. The molecule has 32 heavy (non-hydrogen) atoms. The van der Waals surface area contributed by atoms with Crippen LogP contribution in [-0.2, 0) is 4.79 Å². The van der Waals surface area contributed by atoms with E-state index in [9.17, 15) is 9.18 Å². The summed E-state index contributed by atoms with van der Waals surface area (Å²) in [5, 5.41) is 3.72. The number of carbonyl (C=O) groups is 1. The minimum Gasteiger partial charge on any atom is -0.493 e. The summed E-state index contributed by atoms with van der Waals surface area (Å²) in [6, 6.07) is 17.8. The van der Waals surface area contributed by atoms with Gasteiger partial charge in [0.15, 0.2) is 0 Å². The van der Waals surface area contributed by atoms with Crippen LogP contribution in [0.25, 0.3) is 27.7 Å². The second-order valence-electron chi connectivity index (χ2n) is 7.23. The van der Waals surface area contributed by atoms with E-state index in [1.54, 1.807) is 6.26 Å². The highest BCUT2D eigenvalue weighted by molar-refractivity contribution is 6.30. The molecule has 0 radical (unpaired) electrons. The molecule has 0 aliphatic carbocycles. The number of nitrogens with one attached hydrogen (secondary N) is 1. The minimum absolute atomic E-state index is 0.0603. The molecule has 4 nitrogen and oxygen atoms in total. The van der Waals surface area contributed by atoms with Crippen LogP contribution in [0.1, 0.15) is 19.4 Å². The van der Waals surface area contributed by atoms with Gasteiger partial charge in [0, 0.05) is 33.7 Å². The van der Waals surface area contributed by atoms with Crippen molar-refractivity contribution in [2.45, 2.75) is 13.8 Å². The molecule has 0 spiro atoms. The number of ether oxygens (including phenoxy) is 1. The van der Waals surface area contributed by atoms with Crippen LogP contribution in [0.5, 0.6) is 5.75 Å². The summed E-state index contributed by atoms with van der Waals surface area (Å²) in [6.45, 7) is 4.16. The van der Waals surface area contributed by atoms with Gasteiger partial charge in [-0.25, -0.2) is 4.39 Å². The zero-order valence-electron chi connectivity index (χ0n) is 17.6. The molecule has 0 saturated carbocycles. The van der Waals surface area contributed by atoms with Gasteiger partial charge in [0.25, 0.3) is 0 Å². The van der Waals surface area contributed by atoms with Crippen LogP contribution in [0.3, 0.4) is 0 Å². The van der Waals surface area contributed by atoms with E-state index in [4.69, 9.17) is 20.8 Å². The standard InChI is InChI=1S/C26H21ClFNO3/c1-3-31-24-14-25-20(21(15-32-25)17-7-5-4-6-8-17)13-19(24)16(2)11-26(30)29-23-10-9-18(27)12-22(23)28/h4-15H,3H2,1-2H3,(H,29,30)/b16-11+. The van der Waals surface area contributed by atoms with Gasteiger partial charge >= 0.3 is 0 Å². The van der Waals surface area contributed by atoms with Crippen molar-refractivity contribution in [1.29, 1.82) is 0 Å². The summed E-state index contributed by atoms with van der Waals surface area (Å²) < 4.78 is 25.6. The number of fused-ring (bicyclic) bond motifs is 1. The Morgan fingerprint density at radius 1 is 1.16 bits per heavy atom. The molecule has 1 heterocycles. The quantitative estimate of drug-likeness (QED) is 0.313. The van der Waals surface area contributed by atoms with E-state index in [1.807, 2.05) is 56.3 Å². The van der Waals surface area contributed by atoms with Crippen molar-refractivity contribution >= 4 is 39.7 Å². The topological polar surface area (TPSA) is 51.5 Å². The SMILES string of the molecule is CCOc1cc2occ(-c3ccccc3)c2cc1/C(C)=C/C(=O)Nc1ccc(Cl)cc1F.